The van der Waals surface area contributed by atoms with E-state index in [2.05, 4.69) is 10.1 Å². The van der Waals surface area contributed by atoms with Crippen LogP contribution in [-0.4, -0.2) is 30.3 Å². The summed E-state index contributed by atoms with van der Waals surface area (Å²) in [5.74, 6) is -5.22. The van der Waals surface area contributed by atoms with Gasteiger partial charge in [0.1, 0.15) is 0 Å². The summed E-state index contributed by atoms with van der Waals surface area (Å²) in [5, 5.41) is 12.1. The highest BCUT2D eigenvalue weighted by Gasteiger charge is 2.31. The van der Waals surface area contributed by atoms with Crippen LogP contribution in [0.25, 0.3) is 0 Å². The standard InChI is InChI=1S/C11H12F3NO3/c1-11(17,10(16)18-2)5-15-6-3-7(12)9(14)8(13)4-6/h3-4,15,17H,5H2,1-2H3. The number of benzene rings is 1. The third kappa shape index (κ3) is 3.13. The van der Waals surface area contributed by atoms with E-state index in [0.29, 0.717) is 12.1 Å². The van der Waals surface area contributed by atoms with E-state index in [-0.39, 0.29) is 12.2 Å². The molecule has 1 unspecified atom stereocenters. The van der Waals surface area contributed by atoms with Crippen LogP contribution in [0.2, 0.25) is 0 Å². The number of halogens is 3. The molecule has 0 aliphatic heterocycles. The van der Waals surface area contributed by atoms with Crippen LogP contribution in [0.15, 0.2) is 12.1 Å². The van der Waals surface area contributed by atoms with Gasteiger partial charge in [-0.25, -0.2) is 18.0 Å². The van der Waals surface area contributed by atoms with Crippen molar-refractivity contribution in [3.05, 3.63) is 29.6 Å². The maximum atomic E-state index is 12.9. The molecule has 0 fully saturated rings. The van der Waals surface area contributed by atoms with Gasteiger partial charge in [-0.2, -0.15) is 0 Å². The highest BCUT2D eigenvalue weighted by atomic mass is 19.2. The topological polar surface area (TPSA) is 58.6 Å². The molecular formula is C11H12F3NO3. The number of rotatable bonds is 4. The molecule has 2 N–H and O–H groups in total. The molecule has 0 aromatic heterocycles. The Kier molecular flexibility index (Phi) is 4.18. The average molecular weight is 263 g/mol. The summed E-state index contributed by atoms with van der Waals surface area (Å²) < 4.78 is 42.8. The van der Waals surface area contributed by atoms with Crippen molar-refractivity contribution in [2.24, 2.45) is 0 Å². The fourth-order valence-corrected chi connectivity index (χ4v) is 1.22. The van der Waals surface area contributed by atoms with Gasteiger partial charge in [0.15, 0.2) is 23.1 Å². The first-order valence-electron chi connectivity index (χ1n) is 4.97. The van der Waals surface area contributed by atoms with E-state index in [9.17, 15) is 23.1 Å². The zero-order chi connectivity index (χ0) is 13.9. The Morgan fingerprint density at radius 1 is 1.39 bits per heavy atom. The largest absolute Gasteiger partial charge is 0.467 e. The molecule has 0 saturated heterocycles. The molecule has 0 amide bonds. The van der Waals surface area contributed by atoms with Crippen molar-refractivity contribution in [2.45, 2.75) is 12.5 Å². The fourth-order valence-electron chi connectivity index (χ4n) is 1.22. The van der Waals surface area contributed by atoms with Crippen molar-refractivity contribution < 1.29 is 27.8 Å². The minimum Gasteiger partial charge on any atom is -0.467 e. The molecule has 1 rings (SSSR count). The minimum absolute atomic E-state index is 0.101. The van der Waals surface area contributed by atoms with Crippen LogP contribution in [0.1, 0.15) is 6.92 Å². The number of methoxy groups -OCH3 is 1. The first kappa shape index (κ1) is 14.3. The minimum atomic E-state index is -1.86. The molecule has 1 atom stereocenters. The molecule has 4 nitrogen and oxygen atoms in total. The Balaban J connectivity index is 2.78. The third-order valence-electron chi connectivity index (χ3n) is 2.25. The molecule has 0 spiro atoms. The fraction of sp³-hybridized carbons (Fsp3) is 0.364. The van der Waals surface area contributed by atoms with Gasteiger partial charge in [-0.15, -0.1) is 0 Å². The summed E-state index contributed by atoms with van der Waals surface area (Å²) >= 11 is 0. The average Bonchev–Trinajstić information content (AvgIpc) is 2.32. The van der Waals surface area contributed by atoms with Gasteiger partial charge < -0.3 is 15.2 Å². The number of carbonyl (C=O) groups excluding carboxylic acids is 1. The van der Waals surface area contributed by atoms with E-state index in [0.717, 1.165) is 7.11 Å². The Morgan fingerprint density at radius 3 is 2.33 bits per heavy atom. The quantitative estimate of drug-likeness (QED) is 0.637. The molecule has 0 bridgehead atoms. The van der Waals surface area contributed by atoms with Gasteiger partial charge in [0.05, 0.1) is 13.7 Å². The smallest absolute Gasteiger partial charge is 0.339 e. The van der Waals surface area contributed by atoms with Crippen molar-refractivity contribution in [1.82, 2.24) is 0 Å². The Bertz CT molecular complexity index is 440. The van der Waals surface area contributed by atoms with Gasteiger partial charge in [-0.3, -0.25) is 0 Å². The molecular weight excluding hydrogens is 251 g/mol. The number of aliphatic hydroxyl groups is 1. The van der Waals surface area contributed by atoms with Crippen LogP contribution in [0.3, 0.4) is 0 Å². The number of hydrogen-bond acceptors (Lipinski definition) is 4. The molecule has 0 heterocycles. The van der Waals surface area contributed by atoms with E-state index in [1.807, 2.05) is 0 Å². The lowest BCUT2D eigenvalue weighted by Crippen LogP contribution is -2.42. The van der Waals surface area contributed by atoms with Gasteiger partial charge in [-0.1, -0.05) is 0 Å². The van der Waals surface area contributed by atoms with Gasteiger partial charge in [-0.05, 0) is 6.92 Å². The maximum Gasteiger partial charge on any atom is 0.339 e. The van der Waals surface area contributed by atoms with Crippen LogP contribution in [-0.2, 0) is 9.53 Å². The van der Waals surface area contributed by atoms with Crippen LogP contribution >= 0.6 is 0 Å². The molecule has 100 valence electrons. The monoisotopic (exact) mass is 263 g/mol. The highest BCUT2D eigenvalue weighted by molar-refractivity contribution is 5.79. The second-order valence-corrected chi connectivity index (χ2v) is 3.87. The molecule has 7 heteroatoms. The summed E-state index contributed by atoms with van der Waals surface area (Å²) in [7, 11) is 1.09. The van der Waals surface area contributed by atoms with E-state index >= 15 is 0 Å². The second-order valence-electron chi connectivity index (χ2n) is 3.87. The summed E-state index contributed by atoms with van der Waals surface area (Å²) in [6, 6.07) is 1.43. The first-order valence-corrected chi connectivity index (χ1v) is 4.97. The molecule has 0 saturated carbocycles. The number of hydrogen-bond donors (Lipinski definition) is 2. The lowest BCUT2D eigenvalue weighted by Gasteiger charge is -2.21. The number of ether oxygens (including phenoxy) is 1. The van der Waals surface area contributed by atoms with E-state index in [4.69, 9.17) is 0 Å². The first-order chi connectivity index (χ1) is 8.27. The Hall–Kier alpha value is -1.76. The summed E-state index contributed by atoms with van der Waals surface area (Å²) in [6.07, 6.45) is 0. The van der Waals surface area contributed by atoms with E-state index in [1.165, 1.54) is 6.92 Å². The molecule has 1 aromatic rings. The SMILES string of the molecule is COC(=O)C(C)(O)CNc1cc(F)c(F)c(F)c1. The van der Waals surface area contributed by atoms with Gasteiger partial charge >= 0.3 is 5.97 Å². The molecule has 18 heavy (non-hydrogen) atoms. The van der Waals surface area contributed by atoms with Gasteiger partial charge in [0, 0.05) is 17.8 Å². The molecule has 0 aliphatic rings. The van der Waals surface area contributed by atoms with Crippen LogP contribution < -0.4 is 5.32 Å². The number of nitrogens with one attached hydrogen (secondary N) is 1. The van der Waals surface area contributed by atoms with Crippen molar-refractivity contribution in [3.63, 3.8) is 0 Å². The highest BCUT2D eigenvalue weighted by Crippen LogP contribution is 2.18. The van der Waals surface area contributed by atoms with Crippen molar-refractivity contribution in [2.75, 3.05) is 19.0 Å². The zero-order valence-corrected chi connectivity index (χ0v) is 9.76. The molecule has 0 aliphatic carbocycles. The third-order valence-corrected chi connectivity index (χ3v) is 2.25. The summed E-state index contributed by atoms with van der Waals surface area (Å²) in [5.41, 5.74) is -1.97. The van der Waals surface area contributed by atoms with Crippen molar-refractivity contribution in [1.29, 1.82) is 0 Å². The van der Waals surface area contributed by atoms with Crippen molar-refractivity contribution in [3.8, 4) is 0 Å². The number of anilines is 1. The van der Waals surface area contributed by atoms with E-state index in [1.54, 1.807) is 0 Å². The maximum absolute atomic E-state index is 12.9. The van der Waals surface area contributed by atoms with Crippen LogP contribution in [0.4, 0.5) is 18.9 Å². The second kappa shape index (κ2) is 5.26. The lowest BCUT2D eigenvalue weighted by atomic mass is 10.1. The summed E-state index contributed by atoms with van der Waals surface area (Å²) in [6.45, 7) is 0.826. The lowest BCUT2D eigenvalue weighted by molar-refractivity contribution is -0.158. The summed E-state index contributed by atoms with van der Waals surface area (Å²) in [4.78, 5) is 11.1. The van der Waals surface area contributed by atoms with E-state index < -0.39 is 29.0 Å². The predicted octanol–water partition coefficient (Wildman–Crippen LogP) is 1.44. The Morgan fingerprint density at radius 2 is 1.89 bits per heavy atom. The van der Waals surface area contributed by atoms with Gasteiger partial charge in [0.25, 0.3) is 0 Å². The van der Waals surface area contributed by atoms with Crippen LogP contribution in [0, 0.1) is 17.5 Å². The number of carbonyl (C=O) groups is 1. The van der Waals surface area contributed by atoms with Crippen LogP contribution in [0.5, 0.6) is 0 Å². The van der Waals surface area contributed by atoms with Crippen molar-refractivity contribution >= 4 is 11.7 Å². The predicted molar refractivity (Wildman–Crippen MR) is 57.4 cm³/mol. The normalized spacial score (nSPS) is 13.9. The zero-order valence-electron chi connectivity index (χ0n) is 9.76. The van der Waals surface area contributed by atoms with Gasteiger partial charge in [0.2, 0.25) is 0 Å². The molecule has 1 aromatic carbocycles. The Labute approximate surface area is 101 Å². The number of esters is 1. The molecule has 0 radical (unpaired) electrons.